The molecule has 0 fully saturated rings. The van der Waals surface area contributed by atoms with E-state index in [2.05, 4.69) is 0 Å². The van der Waals surface area contributed by atoms with Crippen molar-refractivity contribution in [2.75, 3.05) is 0 Å². The van der Waals surface area contributed by atoms with Gasteiger partial charge in [0, 0.05) is 12.5 Å². The number of phenols is 1. The summed E-state index contributed by atoms with van der Waals surface area (Å²) in [5.74, 6) is -0.721. The largest absolute Gasteiger partial charge is 0.508 e. The molecule has 16 heavy (non-hydrogen) atoms. The lowest BCUT2D eigenvalue weighted by atomic mass is 9.96. The van der Waals surface area contributed by atoms with Crippen molar-refractivity contribution in [3.63, 3.8) is 0 Å². The Bertz CT molecular complexity index is 404. The van der Waals surface area contributed by atoms with Crippen LogP contribution in [0.15, 0.2) is 24.3 Å². The number of esters is 1. The van der Waals surface area contributed by atoms with Gasteiger partial charge < -0.3 is 9.84 Å². The van der Waals surface area contributed by atoms with Crippen LogP contribution in [0.1, 0.15) is 31.1 Å². The normalized spacial score (nSPS) is 10.9. The van der Waals surface area contributed by atoms with Crippen molar-refractivity contribution < 1.29 is 19.4 Å². The number of carbonyl (C=O) groups excluding carboxylic acids is 2. The number of benzene rings is 1. The summed E-state index contributed by atoms with van der Waals surface area (Å²) in [7, 11) is 0. The van der Waals surface area contributed by atoms with Crippen molar-refractivity contribution in [1.82, 2.24) is 0 Å². The van der Waals surface area contributed by atoms with Crippen LogP contribution in [-0.2, 0) is 9.53 Å². The van der Waals surface area contributed by atoms with Gasteiger partial charge in [-0.25, -0.2) is 0 Å². The fraction of sp³-hybridized carbons (Fsp3) is 0.333. The first-order chi connectivity index (χ1) is 7.33. The highest BCUT2D eigenvalue weighted by Crippen LogP contribution is 2.19. The molecule has 1 aromatic carbocycles. The summed E-state index contributed by atoms with van der Waals surface area (Å²) in [6.45, 7) is 4.32. The van der Waals surface area contributed by atoms with Crippen LogP contribution >= 0.6 is 0 Å². The molecule has 0 aliphatic carbocycles. The zero-order valence-electron chi connectivity index (χ0n) is 9.48. The highest BCUT2D eigenvalue weighted by atomic mass is 16.6. The van der Waals surface area contributed by atoms with E-state index in [0.717, 1.165) is 0 Å². The van der Waals surface area contributed by atoms with Gasteiger partial charge in [-0.2, -0.15) is 0 Å². The smallest absolute Gasteiger partial charge is 0.303 e. The third-order valence-electron chi connectivity index (χ3n) is 2.08. The van der Waals surface area contributed by atoms with Crippen molar-refractivity contribution in [2.24, 2.45) is 0 Å². The van der Waals surface area contributed by atoms with Crippen molar-refractivity contribution >= 4 is 11.8 Å². The van der Waals surface area contributed by atoms with E-state index in [1.54, 1.807) is 0 Å². The SMILES string of the molecule is CC(=O)OC(C)(C)C(=O)c1ccc(O)cc1. The molecule has 0 amide bonds. The standard InChI is InChI=1S/C12H14O4/c1-8(13)16-12(2,3)11(15)9-4-6-10(14)7-5-9/h4-7,14H,1-3H3. The first-order valence-electron chi connectivity index (χ1n) is 4.86. The first-order valence-corrected chi connectivity index (χ1v) is 4.86. The van der Waals surface area contributed by atoms with Gasteiger partial charge in [0.05, 0.1) is 0 Å². The van der Waals surface area contributed by atoms with E-state index in [-0.39, 0.29) is 11.5 Å². The van der Waals surface area contributed by atoms with Gasteiger partial charge in [-0.3, -0.25) is 9.59 Å². The fourth-order valence-corrected chi connectivity index (χ4v) is 1.37. The molecule has 0 heterocycles. The lowest BCUT2D eigenvalue weighted by Gasteiger charge is -2.22. The molecule has 0 spiro atoms. The molecule has 0 saturated carbocycles. The molecule has 0 atom stereocenters. The molecule has 86 valence electrons. The van der Waals surface area contributed by atoms with Gasteiger partial charge in [0.15, 0.2) is 5.60 Å². The van der Waals surface area contributed by atoms with Gasteiger partial charge in [0.1, 0.15) is 5.75 Å². The summed E-state index contributed by atoms with van der Waals surface area (Å²) >= 11 is 0. The molecule has 0 aromatic heterocycles. The van der Waals surface area contributed by atoms with Crippen LogP contribution in [0.25, 0.3) is 0 Å². The Kier molecular flexibility index (Phi) is 3.32. The van der Waals surface area contributed by atoms with Crippen molar-refractivity contribution in [3.8, 4) is 5.75 Å². The molecule has 0 unspecified atom stereocenters. The minimum atomic E-state index is -1.19. The van der Waals surface area contributed by atoms with E-state index in [1.807, 2.05) is 0 Å². The molecule has 0 aliphatic rings. The van der Waals surface area contributed by atoms with Crippen molar-refractivity contribution in [2.45, 2.75) is 26.4 Å². The van der Waals surface area contributed by atoms with Gasteiger partial charge in [-0.15, -0.1) is 0 Å². The molecule has 4 heteroatoms. The van der Waals surface area contributed by atoms with Gasteiger partial charge in [-0.1, -0.05) is 0 Å². The third-order valence-corrected chi connectivity index (χ3v) is 2.08. The number of carbonyl (C=O) groups is 2. The number of ketones is 1. The number of ether oxygens (including phenoxy) is 1. The second-order valence-corrected chi connectivity index (χ2v) is 3.98. The molecular weight excluding hydrogens is 208 g/mol. The Labute approximate surface area is 93.9 Å². The maximum absolute atomic E-state index is 12.0. The van der Waals surface area contributed by atoms with Crippen LogP contribution < -0.4 is 0 Å². The summed E-state index contributed by atoms with van der Waals surface area (Å²) in [5.41, 5.74) is -0.799. The molecule has 1 aromatic rings. The van der Waals surface area contributed by atoms with Crippen LogP contribution in [0.3, 0.4) is 0 Å². The molecule has 0 bridgehead atoms. The Balaban J connectivity index is 2.93. The summed E-state index contributed by atoms with van der Waals surface area (Å²) in [6.07, 6.45) is 0. The monoisotopic (exact) mass is 222 g/mol. The molecule has 0 saturated heterocycles. The third kappa shape index (κ3) is 2.82. The van der Waals surface area contributed by atoms with Gasteiger partial charge in [0.25, 0.3) is 0 Å². The van der Waals surface area contributed by atoms with E-state index >= 15 is 0 Å². The van der Waals surface area contributed by atoms with E-state index in [0.29, 0.717) is 5.56 Å². The number of hydrogen-bond acceptors (Lipinski definition) is 4. The van der Waals surface area contributed by atoms with Gasteiger partial charge in [-0.05, 0) is 38.1 Å². The average Bonchev–Trinajstić information content (AvgIpc) is 2.16. The molecule has 1 rings (SSSR count). The summed E-state index contributed by atoms with van der Waals surface area (Å²) in [6, 6.07) is 5.81. The van der Waals surface area contributed by atoms with Crippen LogP contribution in [0.2, 0.25) is 0 Å². The molecule has 0 aliphatic heterocycles. The topological polar surface area (TPSA) is 63.6 Å². The molecule has 4 nitrogen and oxygen atoms in total. The Hall–Kier alpha value is -1.84. The molecule has 0 radical (unpaired) electrons. The highest BCUT2D eigenvalue weighted by molar-refractivity contribution is 6.02. The maximum Gasteiger partial charge on any atom is 0.303 e. The maximum atomic E-state index is 12.0. The predicted molar refractivity (Wildman–Crippen MR) is 58.3 cm³/mol. The van der Waals surface area contributed by atoms with E-state index in [9.17, 15) is 9.59 Å². The zero-order valence-corrected chi connectivity index (χ0v) is 9.48. The first kappa shape index (κ1) is 12.2. The Morgan fingerprint density at radius 2 is 1.69 bits per heavy atom. The van der Waals surface area contributed by atoms with Gasteiger partial charge in [0.2, 0.25) is 5.78 Å². The second-order valence-electron chi connectivity index (χ2n) is 3.98. The average molecular weight is 222 g/mol. The predicted octanol–water partition coefficient (Wildman–Crippen LogP) is 1.92. The van der Waals surface area contributed by atoms with Crippen LogP contribution in [0.5, 0.6) is 5.75 Å². The number of Topliss-reactive ketones (excluding diaryl/α,β-unsaturated/α-hetero) is 1. The number of rotatable bonds is 3. The highest BCUT2D eigenvalue weighted by Gasteiger charge is 2.31. The van der Waals surface area contributed by atoms with Crippen LogP contribution in [0, 0.1) is 0 Å². The lowest BCUT2D eigenvalue weighted by molar-refractivity contribution is -0.149. The summed E-state index contributed by atoms with van der Waals surface area (Å²) < 4.78 is 4.93. The van der Waals surface area contributed by atoms with E-state index in [1.165, 1.54) is 45.0 Å². The Morgan fingerprint density at radius 1 is 1.19 bits per heavy atom. The summed E-state index contributed by atoms with van der Waals surface area (Å²) in [5, 5.41) is 9.09. The number of phenolic OH excluding ortho intramolecular Hbond substituents is 1. The van der Waals surface area contributed by atoms with E-state index < -0.39 is 11.6 Å². The number of aromatic hydroxyl groups is 1. The van der Waals surface area contributed by atoms with Gasteiger partial charge >= 0.3 is 5.97 Å². The molecular formula is C12H14O4. The van der Waals surface area contributed by atoms with Crippen molar-refractivity contribution in [1.29, 1.82) is 0 Å². The minimum absolute atomic E-state index is 0.0850. The zero-order chi connectivity index (χ0) is 12.3. The fourth-order valence-electron chi connectivity index (χ4n) is 1.37. The summed E-state index contributed by atoms with van der Waals surface area (Å²) in [4.78, 5) is 22.8. The van der Waals surface area contributed by atoms with Crippen LogP contribution in [0.4, 0.5) is 0 Å². The van der Waals surface area contributed by atoms with E-state index in [4.69, 9.17) is 9.84 Å². The van der Waals surface area contributed by atoms with Crippen molar-refractivity contribution in [3.05, 3.63) is 29.8 Å². The lowest BCUT2D eigenvalue weighted by Crippen LogP contribution is -2.36. The second kappa shape index (κ2) is 4.35. The van der Waals surface area contributed by atoms with Crippen LogP contribution in [-0.4, -0.2) is 22.5 Å². The quantitative estimate of drug-likeness (QED) is 0.626. The molecule has 1 N–H and O–H groups in total. The Morgan fingerprint density at radius 3 is 2.12 bits per heavy atom. The number of hydrogen-bond donors (Lipinski definition) is 1. The minimum Gasteiger partial charge on any atom is -0.508 e.